The van der Waals surface area contributed by atoms with Crippen LogP contribution in [0.3, 0.4) is 0 Å². The van der Waals surface area contributed by atoms with Crippen molar-refractivity contribution in [2.24, 2.45) is 11.8 Å². The van der Waals surface area contributed by atoms with Crippen molar-refractivity contribution in [2.45, 2.75) is 13.8 Å². The quantitative estimate of drug-likeness (QED) is 0.446. The zero-order valence-electron chi connectivity index (χ0n) is 6.42. The van der Waals surface area contributed by atoms with Crippen LogP contribution in [0.15, 0.2) is 0 Å². The molecule has 0 aliphatic carbocycles. The number of carbonyl (C=O) groups is 1. The highest BCUT2D eigenvalue weighted by Gasteiger charge is 2.05. The molecule has 0 bridgehead atoms. The lowest BCUT2D eigenvalue weighted by Crippen LogP contribution is -2.45. The summed E-state index contributed by atoms with van der Waals surface area (Å²) >= 11 is 0. The third kappa shape index (κ3) is 5.81. The minimum atomic E-state index is -0.0694. The van der Waals surface area contributed by atoms with Crippen molar-refractivity contribution in [3.05, 3.63) is 0 Å². The van der Waals surface area contributed by atoms with E-state index in [0.717, 1.165) is 5.12 Å². The summed E-state index contributed by atoms with van der Waals surface area (Å²) in [6.07, 6.45) is 0. The summed E-state index contributed by atoms with van der Waals surface area (Å²) in [4.78, 5) is 10.7. The minimum Gasteiger partial charge on any atom is -0.276 e. The van der Waals surface area contributed by atoms with Gasteiger partial charge in [-0.05, 0) is 0 Å². The molecule has 10 heavy (non-hydrogen) atoms. The molecule has 3 N–H and O–H groups in total. The van der Waals surface area contributed by atoms with Gasteiger partial charge in [0.05, 0.1) is 0 Å². The molecule has 0 aliphatic heterocycles. The average Bonchev–Trinajstić information content (AvgIpc) is 1.63. The lowest BCUT2D eigenvalue weighted by Gasteiger charge is -2.12. The highest BCUT2D eigenvalue weighted by Crippen LogP contribution is 1.88. The van der Waals surface area contributed by atoms with Crippen molar-refractivity contribution >= 4 is 18.3 Å². The summed E-state index contributed by atoms with van der Waals surface area (Å²) in [6.45, 7) is 3.61. The van der Waals surface area contributed by atoms with Gasteiger partial charge in [-0.1, -0.05) is 13.8 Å². The van der Waals surface area contributed by atoms with Crippen molar-refractivity contribution in [3.63, 3.8) is 0 Å². The average molecular weight is 168 g/mol. The van der Waals surface area contributed by atoms with Crippen molar-refractivity contribution in [3.8, 4) is 0 Å². The van der Waals surface area contributed by atoms with Gasteiger partial charge in [0.2, 0.25) is 5.91 Å². The Balaban J connectivity index is 0. The fourth-order valence-corrected chi connectivity index (χ4v) is 0.303. The van der Waals surface area contributed by atoms with E-state index >= 15 is 0 Å². The zero-order chi connectivity index (χ0) is 7.44. The lowest BCUT2D eigenvalue weighted by molar-refractivity contribution is -0.128. The molecule has 0 spiro atoms. The first-order valence-electron chi connectivity index (χ1n) is 2.83. The summed E-state index contributed by atoms with van der Waals surface area (Å²) in [6, 6.07) is 0. The predicted octanol–water partition coefficient (Wildman–Crippen LogP) is -0.0991. The smallest absolute Gasteiger partial charge is 0.237 e. The topological polar surface area (TPSA) is 58.4 Å². The first kappa shape index (κ1) is 12.4. The molecule has 0 aromatic rings. The molecular weight excluding hydrogens is 154 g/mol. The Morgan fingerprint density at radius 2 is 2.00 bits per heavy atom. The largest absolute Gasteiger partial charge is 0.276 e. The second-order valence-corrected chi connectivity index (χ2v) is 2.24. The van der Waals surface area contributed by atoms with Gasteiger partial charge in [-0.2, -0.15) is 5.12 Å². The number of carbonyl (C=O) groups excluding carboxylic acids is 1. The van der Waals surface area contributed by atoms with Crippen LogP contribution in [0, 0.1) is 5.92 Å². The van der Waals surface area contributed by atoms with E-state index in [1.54, 1.807) is 20.9 Å². The zero-order valence-corrected chi connectivity index (χ0v) is 7.23. The van der Waals surface area contributed by atoms with E-state index in [1.807, 2.05) is 0 Å². The standard InChI is InChI=1S/C5H13N3O.ClH/c1-4(2)5(9)7-8(3)6;/h4H,6H2,1-3H3,(H,7,9);1H. The van der Waals surface area contributed by atoms with Crippen LogP contribution in [0.25, 0.3) is 0 Å². The van der Waals surface area contributed by atoms with Crippen LogP contribution in [0.5, 0.6) is 0 Å². The highest BCUT2D eigenvalue weighted by atomic mass is 35.5. The fourth-order valence-electron chi connectivity index (χ4n) is 0.303. The van der Waals surface area contributed by atoms with E-state index in [9.17, 15) is 4.79 Å². The summed E-state index contributed by atoms with van der Waals surface area (Å²) in [7, 11) is 1.57. The van der Waals surface area contributed by atoms with E-state index in [4.69, 9.17) is 5.84 Å². The predicted molar refractivity (Wildman–Crippen MR) is 42.2 cm³/mol. The second kappa shape index (κ2) is 5.46. The van der Waals surface area contributed by atoms with Gasteiger partial charge in [0, 0.05) is 13.0 Å². The Morgan fingerprint density at radius 1 is 1.60 bits per heavy atom. The van der Waals surface area contributed by atoms with Crippen LogP contribution in [0.4, 0.5) is 0 Å². The highest BCUT2D eigenvalue weighted by molar-refractivity contribution is 5.85. The maximum atomic E-state index is 10.7. The van der Waals surface area contributed by atoms with Gasteiger partial charge < -0.3 is 0 Å². The molecule has 0 radical (unpaired) electrons. The molecule has 0 heterocycles. The number of hydrogen-bond acceptors (Lipinski definition) is 3. The number of halogens is 1. The van der Waals surface area contributed by atoms with Crippen LogP contribution in [0.2, 0.25) is 0 Å². The number of amides is 1. The van der Waals surface area contributed by atoms with Gasteiger partial charge in [0.15, 0.2) is 0 Å². The van der Waals surface area contributed by atoms with Gasteiger partial charge in [0.1, 0.15) is 0 Å². The summed E-state index contributed by atoms with van der Waals surface area (Å²) < 4.78 is 0. The number of hydrazine groups is 2. The van der Waals surface area contributed by atoms with E-state index in [1.165, 1.54) is 0 Å². The first-order valence-corrected chi connectivity index (χ1v) is 2.83. The third-order valence-electron chi connectivity index (χ3n) is 0.811. The van der Waals surface area contributed by atoms with E-state index in [-0.39, 0.29) is 24.2 Å². The van der Waals surface area contributed by atoms with Crippen molar-refractivity contribution in [1.29, 1.82) is 0 Å². The Labute approximate surface area is 67.1 Å². The molecule has 0 aromatic carbocycles. The summed E-state index contributed by atoms with van der Waals surface area (Å²) in [5.74, 6) is 5.05. The number of nitrogens with two attached hydrogens (primary N) is 1. The number of rotatable bonds is 2. The molecule has 1 amide bonds. The van der Waals surface area contributed by atoms with Crippen LogP contribution in [0.1, 0.15) is 13.8 Å². The monoisotopic (exact) mass is 167 g/mol. The van der Waals surface area contributed by atoms with Gasteiger partial charge in [-0.25, -0.2) is 0 Å². The second-order valence-electron chi connectivity index (χ2n) is 2.24. The maximum absolute atomic E-state index is 10.7. The Hall–Kier alpha value is -0.320. The molecule has 0 unspecified atom stereocenters. The van der Waals surface area contributed by atoms with E-state index in [2.05, 4.69) is 5.43 Å². The molecule has 0 fully saturated rings. The Kier molecular flexibility index (Phi) is 6.76. The molecular formula is C5H14ClN3O. The van der Waals surface area contributed by atoms with Gasteiger partial charge in [-0.15, -0.1) is 12.4 Å². The molecule has 0 rings (SSSR count). The molecule has 5 heteroatoms. The summed E-state index contributed by atoms with van der Waals surface area (Å²) in [5, 5.41) is 1.14. The third-order valence-corrected chi connectivity index (χ3v) is 0.811. The van der Waals surface area contributed by atoms with Gasteiger partial charge in [0.25, 0.3) is 0 Å². The number of nitrogens with one attached hydrogen (secondary N) is 1. The van der Waals surface area contributed by atoms with Crippen LogP contribution < -0.4 is 11.3 Å². The lowest BCUT2D eigenvalue weighted by atomic mass is 10.2. The fraction of sp³-hybridized carbons (Fsp3) is 0.800. The number of nitrogens with zero attached hydrogens (tertiary/aromatic N) is 1. The van der Waals surface area contributed by atoms with Crippen molar-refractivity contribution in [1.82, 2.24) is 10.5 Å². The normalized spacial score (nSPS) is 9.40. The molecule has 0 saturated heterocycles. The molecule has 0 aromatic heterocycles. The Bertz CT molecular complexity index is 105. The molecule has 4 nitrogen and oxygen atoms in total. The van der Waals surface area contributed by atoms with Crippen LogP contribution in [-0.2, 0) is 4.79 Å². The summed E-state index contributed by atoms with van der Waals surface area (Å²) in [5.41, 5.74) is 2.41. The first-order chi connectivity index (χ1) is 4.04. The van der Waals surface area contributed by atoms with E-state index < -0.39 is 0 Å². The minimum absolute atomic E-state index is 0. The Morgan fingerprint density at radius 3 is 2.10 bits per heavy atom. The SMILES string of the molecule is CC(C)C(=O)NN(C)N.Cl. The molecule has 0 saturated carbocycles. The van der Waals surface area contributed by atoms with Crippen LogP contribution >= 0.6 is 12.4 Å². The van der Waals surface area contributed by atoms with Gasteiger partial charge in [-0.3, -0.25) is 16.1 Å². The maximum Gasteiger partial charge on any atom is 0.237 e. The molecule has 0 atom stereocenters. The van der Waals surface area contributed by atoms with Crippen molar-refractivity contribution < 1.29 is 4.79 Å². The molecule has 62 valence electrons. The van der Waals surface area contributed by atoms with Crippen molar-refractivity contribution in [2.75, 3.05) is 7.05 Å². The number of hydrogen-bond donors (Lipinski definition) is 2. The van der Waals surface area contributed by atoms with Crippen LogP contribution in [-0.4, -0.2) is 18.1 Å². The van der Waals surface area contributed by atoms with E-state index in [0.29, 0.717) is 0 Å². The van der Waals surface area contributed by atoms with Gasteiger partial charge >= 0.3 is 0 Å². The molecule has 0 aliphatic rings.